The highest BCUT2D eigenvalue weighted by Crippen LogP contribution is 2.39. The Kier molecular flexibility index (Phi) is 5.89. The van der Waals surface area contributed by atoms with Gasteiger partial charge in [-0.25, -0.2) is 9.67 Å². The van der Waals surface area contributed by atoms with Crippen LogP contribution in [0.25, 0.3) is 5.82 Å². The standard InChI is InChI=1S/C20H21ClF3N5O3/c1-9(2)26-19(31)15-12-5-6-13(32-12)16(15)27-18(30)11-8-14(20(22,23)24)28-29(11)17-10(21)4-3-7-25-17/h3-4,7-9,12-13,15-16H,5-6H2,1-2H3,(H,26,31)(H,27,30)/t12-,13+,15-,16+/m0/s1. The molecule has 172 valence electrons. The number of hydrogen-bond donors (Lipinski definition) is 2. The molecule has 2 fully saturated rings. The van der Waals surface area contributed by atoms with Crippen molar-refractivity contribution in [2.75, 3.05) is 0 Å². The number of aromatic nitrogens is 3. The first-order chi connectivity index (χ1) is 15.1. The van der Waals surface area contributed by atoms with E-state index < -0.39 is 41.5 Å². The monoisotopic (exact) mass is 471 g/mol. The molecule has 8 nitrogen and oxygen atoms in total. The van der Waals surface area contributed by atoms with Crippen LogP contribution in [0.5, 0.6) is 0 Å². The lowest BCUT2D eigenvalue weighted by atomic mass is 9.83. The summed E-state index contributed by atoms with van der Waals surface area (Å²) in [5, 5.41) is 9.07. The number of rotatable bonds is 5. The van der Waals surface area contributed by atoms with Crippen molar-refractivity contribution < 1.29 is 27.5 Å². The molecule has 0 aromatic carbocycles. The zero-order valence-corrected chi connectivity index (χ0v) is 17.9. The van der Waals surface area contributed by atoms with Crippen molar-refractivity contribution in [2.24, 2.45) is 5.92 Å². The van der Waals surface area contributed by atoms with Gasteiger partial charge in [-0.15, -0.1) is 0 Å². The van der Waals surface area contributed by atoms with Crippen molar-refractivity contribution in [1.82, 2.24) is 25.4 Å². The number of fused-ring (bicyclic) bond motifs is 2. The molecule has 2 N–H and O–H groups in total. The molecule has 0 aliphatic carbocycles. The summed E-state index contributed by atoms with van der Waals surface area (Å²) >= 11 is 6.08. The number of pyridine rings is 1. The topological polar surface area (TPSA) is 98.1 Å². The van der Waals surface area contributed by atoms with E-state index in [2.05, 4.69) is 20.7 Å². The Labute approximate surface area is 186 Å². The Morgan fingerprint density at radius 3 is 2.66 bits per heavy atom. The zero-order chi connectivity index (χ0) is 23.2. The smallest absolute Gasteiger partial charge is 0.372 e. The maximum Gasteiger partial charge on any atom is 0.435 e. The van der Waals surface area contributed by atoms with Crippen LogP contribution >= 0.6 is 11.6 Å². The normalized spacial score (nSPS) is 24.7. The molecule has 2 aliphatic heterocycles. The molecule has 32 heavy (non-hydrogen) atoms. The molecule has 0 unspecified atom stereocenters. The molecule has 2 aromatic rings. The highest BCUT2D eigenvalue weighted by Gasteiger charge is 2.53. The quantitative estimate of drug-likeness (QED) is 0.698. The third-order valence-corrected chi connectivity index (χ3v) is 5.77. The Bertz CT molecular complexity index is 1040. The highest BCUT2D eigenvalue weighted by atomic mass is 35.5. The fraction of sp³-hybridized carbons (Fsp3) is 0.500. The number of carbonyl (C=O) groups excluding carboxylic acids is 2. The molecule has 2 saturated heterocycles. The molecule has 2 aromatic heterocycles. The first-order valence-corrected chi connectivity index (χ1v) is 10.5. The number of nitrogens with one attached hydrogen (secondary N) is 2. The summed E-state index contributed by atoms with van der Waals surface area (Å²) in [7, 11) is 0. The van der Waals surface area contributed by atoms with Crippen LogP contribution in [0, 0.1) is 5.92 Å². The van der Waals surface area contributed by atoms with E-state index in [1.54, 1.807) is 0 Å². The molecule has 0 saturated carbocycles. The lowest BCUT2D eigenvalue weighted by Gasteiger charge is -2.28. The third kappa shape index (κ3) is 4.18. The summed E-state index contributed by atoms with van der Waals surface area (Å²) in [6.07, 6.45) is -2.90. The SMILES string of the molecule is CC(C)NC(=O)[C@@H]1[C@H](NC(=O)c2cc(C(F)(F)F)nn2-c2ncccc2Cl)[C@H]2CC[C@@H]1O2. The third-order valence-electron chi connectivity index (χ3n) is 5.48. The predicted molar refractivity (Wildman–Crippen MR) is 107 cm³/mol. The number of halogens is 4. The van der Waals surface area contributed by atoms with Gasteiger partial charge in [-0.3, -0.25) is 9.59 Å². The Morgan fingerprint density at radius 1 is 1.28 bits per heavy atom. The minimum absolute atomic E-state index is 0.0239. The van der Waals surface area contributed by atoms with Crippen LogP contribution in [0.2, 0.25) is 5.02 Å². The minimum Gasteiger partial charge on any atom is -0.372 e. The maximum atomic E-state index is 13.3. The van der Waals surface area contributed by atoms with E-state index in [0.29, 0.717) is 18.9 Å². The summed E-state index contributed by atoms with van der Waals surface area (Å²) in [5.74, 6) is -1.86. The lowest BCUT2D eigenvalue weighted by Crippen LogP contribution is -2.53. The van der Waals surface area contributed by atoms with E-state index in [0.717, 1.165) is 4.68 Å². The van der Waals surface area contributed by atoms with E-state index in [9.17, 15) is 22.8 Å². The van der Waals surface area contributed by atoms with Gasteiger partial charge in [0, 0.05) is 18.3 Å². The van der Waals surface area contributed by atoms with E-state index in [4.69, 9.17) is 16.3 Å². The van der Waals surface area contributed by atoms with Gasteiger partial charge in [0.05, 0.1) is 29.2 Å². The molecule has 2 amide bonds. The van der Waals surface area contributed by atoms with Gasteiger partial charge in [0.25, 0.3) is 5.91 Å². The molecule has 4 rings (SSSR count). The fourth-order valence-corrected chi connectivity index (χ4v) is 4.38. The number of amides is 2. The van der Waals surface area contributed by atoms with Gasteiger partial charge < -0.3 is 15.4 Å². The van der Waals surface area contributed by atoms with E-state index in [1.165, 1.54) is 18.3 Å². The minimum atomic E-state index is -4.78. The second kappa shape index (κ2) is 8.36. The Balaban J connectivity index is 1.66. The summed E-state index contributed by atoms with van der Waals surface area (Å²) in [6.45, 7) is 3.63. The molecule has 2 aliphatic rings. The molecule has 2 bridgehead atoms. The molecular weight excluding hydrogens is 451 g/mol. The molecular formula is C20H21ClF3N5O3. The van der Waals surface area contributed by atoms with Crippen LogP contribution in [0.1, 0.15) is 42.9 Å². The van der Waals surface area contributed by atoms with Gasteiger partial charge in [0.15, 0.2) is 11.5 Å². The van der Waals surface area contributed by atoms with Crippen molar-refractivity contribution in [3.63, 3.8) is 0 Å². The summed E-state index contributed by atoms with van der Waals surface area (Å²) < 4.78 is 46.6. The van der Waals surface area contributed by atoms with Gasteiger partial charge >= 0.3 is 6.18 Å². The number of alkyl halides is 3. The number of carbonyl (C=O) groups is 2. The average Bonchev–Trinajstić information content (AvgIpc) is 3.41. The summed E-state index contributed by atoms with van der Waals surface area (Å²) in [4.78, 5) is 29.8. The molecule has 0 spiro atoms. The Morgan fingerprint density at radius 2 is 2.00 bits per heavy atom. The van der Waals surface area contributed by atoms with Crippen LogP contribution < -0.4 is 10.6 Å². The number of nitrogens with zero attached hydrogens (tertiary/aromatic N) is 3. The molecule has 4 atom stereocenters. The van der Waals surface area contributed by atoms with E-state index in [-0.39, 0.29) is 28.9 Å². The molecule has 4 heterocycles. The highest BCUT2D eigenvalue weighted by molar-refractivity contribution is 6.32. The summed E-state index contributed by atoms with van der Waals surface area (Å²) in [6, 6.07) is 2.77. The van der Waals surface area contributed by atoms with Crippen molar-refractivity contribution in [2.45, 2.75) is 57.2 Å². The lowest BCUT2D eigenvalue weighted by molar-refractivity contribution is -0.141. The van der Waals surface area contributed by atoms with Crippen molar-refractivity contribution >= 4 is 23.4 Å². The van der Waals surface area contributed by atoms with Crippen molar-refractivity contribution in [1.29, 1.82) is 0 Å². The maximum absolute atomic E-state index is 13.3. The van der Waals surface area contributed by atoms with Crippen LogP contribution in [0.15, 0.2) is 24.4 Å². The molecule has 0 radical (unpaired) electrons. The fourth-order valence-electron chi connectivity index (χ4n) is 4.18. The van der Waals surface area contributed by atoms with Crippen molar-refractivity contribution in [3.8, 4) is 5.82 Å². The first-order valence-electron chi connectivity index (χ1n) is 10.1. The largest absolute Gasteiger partial charge is 0.435 e. The van der Waals surface area contributed by atoms with Crippen molar-refractivity contribution in [3.05, 3.63) is 40.8 Å². The van der Waals surface area contributed by atoms with E-state index >= 15 is 0 Å². The Hall–Kier alpha value is -2.66. The second-order valence-corrected chi connectivity index (χ2v) is 8.52. The number of hydrogen-bond acceptors (Lipinski definition) is 5. The zero-order valence-electron chi connectivity index (χ0n) is 17.2. The van der Waals surface area contributed by atoms with Gasteiger partial charge in [0.1, 0.15) is 5.69 Å². The second-order valence-electron chi connectivity index (χ2n) is 8.11. The van der Waals surface area contributed by atoms with Crippen LogP contribution in [0.4, 0.5) is 13.2 Å². The summed E-state index contributed by atoms with van der Waals surface area (Å²) in [5.41, 5.74) is -1.66. The van der Waals surface area contributed by atoms with Crippen LogP contribution in [-0.4, -0.2) is 50.9 Å². The van der Waals surface area contributed by atoms with Gasteiger partial charge in [0.2, 0.25) is 5.91 Å². The van der Waals surface area contributed by atoms with E-state index in [1.807, 2.05) is 13.8 Å². The molecule has 12 heteroatoms. The van der Waals surface area contributed by atoms with Gasteiger partial charge in [-0.1, -0.05) is 11.6 Å². The van der Waals surface area contributed by atoms with Gasteiger partial charge in [-0.05, 0) is 38.8 Å². The van der Waals surface area contributed by atoms with Gasteiger partial charge in [-0.2, -0.15) is 18.3 Å². The van der Waals surface area contributed by atoms with Crippen LogP contribution in [0.3, 0.4) is 0 Å². The number of ether oxygens (including phenoxy) is 1. The predicted octanol–water partition coefficient (Wildman–Crippen LogP) is 2.74. The van der Waals surface area contributed by atoms with Crippen LogP contribution in [-0.2, 0) is 15.7 Å². The first kappa shape index (κ1) is 22.5. The average molecular weight is 472 g/mol.